The van der Waals surface area contributed by atoms with Gasteiger partial charge in [0.05, 0.1) is 28.9 Å². The summed E-state index contributed by atoms with van der Waals surface area (Å²) in [6, 6.07) is 3.98. The van der Waals surface area contributed by atoms with Crippen LogP contribution >= 0.6 is 11.3 Å². The van der Waals surface area contributed by atoms with Crippen molar-refractivity contribution in [3.63, 3.8) is 0 Å². The molecule has 1 aliphatic carbocycles. The number of H-pyrrole nitrogens is 1. The van der Waals surface area contributed by atoms with Crippen LogP contribution in [-0.2, 0) is 17.6 Å². The van der Waals surface area contributed by atoms with E-state index in [1.165, 1.54) is 10.4 Å². The molecule has 166 valence electrons. The number of hydrogen-bond acceptors (Lipinski definition) is 7. The average molecular weight is 451 g/mol. The highest BCUT2D eigenvalue weighted by molar-refractivity contribution is 7.19. The minimum Gasteiger partial charge on any atom is -0.489 e. The number of aryl methyl sites for hydroxylation is 1. The van der Waals surface area contributed by atoms with E-state index in [0.29, 0.717) is 0 Å². The first-order valence-electron chi connectivity index (χ1n) is 10.8. The van der Waals surface area contributed by atoms with E-state index in [1.54, 1.807) is 28.8 Å². The molecule has 1 amide bonds. The number of hydrogen-bond donors (Lipinski definition) is 2. The number of fused-ring (bicyclic) bond motifs is 4. The van der Waals surface area contributed by atoms with Gasteiger partial charge in [0.2, 0.25) is 5.91 Å². The first kappa shape index (κ1) is 20.7. The van der Waals surface area contributed by atoms with Crippen LogP contribution in [0.3, 0.4) is 0 Å². The SMILES string of the molecule is CC(C)Oc1cc2[nH]ncc2cc1Nc1ncnc2sc3c(c12)CC[C@@H](C(=O)N(C)C)C3. The smallest absolute Gasteiger partial charge is 0.225 e. The lowest BCUT2D eigenvalue weighted by Crippen LogP contribution is -2.32. The molecule has 0 saturated carbocycles. The third kappa shape index (κ3) is 3.66. The van der Waals surface area contributed by atoms with Crippen LogP contribution in [0, 0.1) is 5.92 Å². The highest BCUT2D eigenvalue weighted by Gasteiger charge is 2.30. The Labute approximate surface area is 190 Å². The number of benzene rings is 1. The maximum atomic E-state index is 12.5. The summed E-state index contributed by atoms with van der Waals surface area (Å²) >= 11 is 1.67. The normalized spacial score (nSPS) is 15.8. The second kappa shape index (κ2) is 8.05. The van der Waals surface area contributed by atoms with Gasteiger partial charge in [-0.25, -0.2) is 9.97 Å². The van der Waals surface area contributed by atoms with Crippen molar-refractivity contribution in [2.45, 2.75) is 39.2 Å². The molecule has 2 N–H and O–H groups in total. The van der Waals surface area contributed by atoms with Crippen LogP contribution in [0.15, 0.2) is 24.7 Å². The van der Waals surface area contributed by atoms with E-state index in [4.69, 9.17) is 4.74 Å². The lowest BCUT2D eigenvalue weighted by Gasteiger charge is -2.24. The molecule has 1 aliphatic rings. The van der Waals surface area contributed by atoms with Gasteiger partial charge in [-0.2, -0.15) is 5.10 Å². The molecule has 0 saturated heterocycles. The van der Waals surface area contributed by atoms with Gasteiger partial charge in [-0.3, -0.25) is 9.89 Å². The van der Waals surface area contributed by atoms with E-state index in [9.17, 15) is 4.79 Å². The van der Waals surface area contributed by atoms with Gasteiger partial charge >= 0.3 is 0 Å². The Balaban J connectivity index is 1.55. The summed E-state index contributed by atoms with van der Waals surface area (Å²) in [7, 11) is 3.65. The van der Waals surface area contributed by atoms with E-state index in [0.717, 1.165) is 57.6 Å². The fourth-order valence-electron chi connectivity index (χ4n) is 4.33. The summed E-state index contributed by atoms with van der Waals surface area (Å²) in [5, 5.41) is 12.7. The number of rotatable bonds is 5. The molecule has 0 spiro atoms. The van der Waals surface area contributed by atoms with Gasteiger partial charge in [-0.05, 0) is 44.7 Å². The predicted molar refractivity (Wildman–Crippen MR) is 127 cm³/mol. The molecule has 3 heterocycles. The minimum atomic E-state index is 0.0291. The third-order valence-electron chi connectivity index (χ3n) is 5.79. The quantitative estimate of drug-likeness (QED) is 0.471. The number of ether oxygens (including phenoxy) is 1. The topological polar surface area (TPSA) is 96.0 Å². The second-order valence-corrected chi connectivity index (χ2v) is 9.76. The average Bonchev–Trinajstić information content (AvgIpc) is 3.36. The molecule has 8 nitrogen and oxygen atoms in total. The van der Waals surface area contributed by atoms with Crippen molar-refractivity contribution in [2.24, 2.45) is 5.92 Å². The van der Waals surface area contributed by atoms with E-state index in [-0.39, 0.29) is 17.9 Å². The summed E-state index contributed by atoms with van der Waals surface area (Å²) < 4.78 is 6.07. The molecule has 9 heteroatoms. The lowest BCUT2D eigenvalue weighted by molar-refractivity contribution is -0.133. The van der Waals surface area contributed by atoms with Crippen LogP contribution in [0.2, 0.25) is 0 Å². The molecule has 0 aliphatic heterocycles. The van der Waals surface area contributed by atoms with Gasteiger partial charge in [-0.1, -0.05) is 0 Å². The summed E-state index contributed by atoms with van der Waals surface area (Å²) in [5.74, 6) is 1.73. The minimum absolute atomic E-state index is 0.0291. The van der Waals surface area contributed by atoms with Crippen LogP contribution in [0.4, 0.5) is 11.5 Å². The Hall–Kier alpha value is -3.20. The molecule has 3 aromatic heterocycles. The maximum Gasteiger partial charge on any atom is 0.225 e. The number of aromatic nitrogens is 4. The molecule has 0 fully saturated rings. The number of anilines is 2. The number of amides is 1. The van der Waals surface area contributed by atoms with Gasteiger partial charge in [0, 0.05) is 36.3 Å². The second-order valence-electron chi connectivity index (χ2n) is 8.68. The van der Waals surface area contributed by atoms with Crippen molar-refractivity contribution in [1.82, 2.24) is 25.1 Å². The van der Waals surface area contributed by atoms with Crippen molar-refractivity contribution in [2.75, 3.05) is 19.4 Å². The third-order valence-corrected chi connectivity index (χ3v) is 6.95. The van der Waals surface area contributed by atoms with E-state index >= 15 is 0 Å². The number of thiophene rings is 1. The number of carbonyl (C=O) groups is 1. The lowest BCUT2D eigenvalue weighted by atomic mass is 9.87. The highest BCUT2D eigenvalue weighted by atomic mass is 32.1. The van der Waals surface area contributed by atoms with Gasteiger partial charge < -0.3 is 15.0 Å². The van der Waals surface area contributed by atoms with Gasteiger partial charge in [0.15, 0.2) is 0 Å². The summed E-state index contributed by atoms with van der Waals surface area (Å²) in [6.45, 7) is 4.01. The molecule has 4 aromatic rings. The number of nitrogens with zero attached hydrogens (tertiary/aromatic N) is 4. The molecule has 5 rings (SSSR count). The van der Waals surface area contributed by atoms with E-state index in [2.05, 4.69) is 25.5 Å². The van der Waals surface area contributed by atoms with Crippen LogP contribution in [-0.4, -0.2) is 51.2 Å². The van der Waals surface area contributed by atoms with E-state index in [1.807, 2.05) is 40.1 Å². The fraction of sp³-hybridized carbons (Fsp3) is 0.391. The monoisotopic (exact) mass is 450 g/mol. The van der Waals surface area contributed by atoms with E-state index < -0.39 is 0 Å². The zero-order valence-corrected chi connectivity index (χ0v) is 19.4. The van der Waals surface area contributed by atoms with Crippen LogP contribution in [0.25, 0.3) is 21.1 Å². The number of nitrogens with one attached hydrogen (secondary N) is 2. The van der Waals surface area contributed by atoms with Crippen molar-refractivity contribution in [1.29, 1.82) is 0 Å². The van der Waals surface area contributed by atoms with Crippen LogP contribution in [0.5, 0.6) is 5.75 Å². The zero-order chi connectivity index (χ0) is 22.4. The Morgan fingerprint density at radius 3 is 2.94 bits per heavy atom. The van der Waals surface area contributed by atoms with Crippen molar-refractivity contribution in [3.8, 4) is 5.75 Å². The van der Waals surface area contributed by atoms with Crippen molar-refractivity contribution >= 4 is 49.9 Å². The Bertz CT molecular complexity index is 1310. The highest BCUT2D eigenvalue weighted by Crippen LogP contribution is 2.42. The molecule has 32 heavy (non-hydrogen) atoms. The van der Waals surface area contributed by atoms with Gasteiger partial charge in [0.25, 0.3) is 0 Å². The van der Waals surface area contributed by atoms with Gasteiger partial charge in [-0.15, -0.1) is 11.3 Å². The first-order chi connectivity index (χ1) is 15.4. The first-order valence-corrected chi connectivity index (χ1v) is 11.6. The fourth-order valence-corrected chi connectivity index (χ4v) is 5.60. The maximum absolute atomic E-state index is 12.5. The largest absolute Gasteiger partial charge is 0.489 e. The van der Waals surface area contributed by atoms with Crippen molar-refractivity contribution < 1.29 is 9.53 Å². The molecule has 0 bridgehead atoms. The molecular weight excluding hydrogens is 424 g/mol. The van der Waals surface area contributed by atoms with Crippen molar-refractivity contribution in [3.05, 3.63) is 35.1 Å². The Kier molecular flexibility index (Phi) is 5.21. The summed E-state index contributed by atoms with van der Waals surface area (Å²) in [4.78, 5) is 25.5. The molecule has 0 unspecified atom stereocenters. The summed E-state index contributed by atoms with van der Waals surface area (Å²) in [5.41, 5.74) is 3.01. The summed E-state index contributed by atoms with van der Waals surface area (Å²) in [6.07, 6.45) is 5.86. The predicted octanol–water partition coefficient (Wildman–Crippen LogP) is 4.29. The number of aromatic amines is 1. The van der Waals surface area contributed by atoms with Crippen LogP contribution in [0.1, 0.15) is 30.7 Å². The van der Waals surface area contributed by atoms with Crippen LogP contribution < -0.4 is 10.1 Å². The Morgan fingerprint density at radius 2 is 2.16 bits per heavy atom. The Morgan fingerprint density at radius 1 is 1.31 bits per heavy atom. The number of carbonyl (C=O) groups excluding carboxylic acids is 1. The molecule has 0 radical (unpaired) electrons. The zero-order valence-electron chi connectivity index (χ0n) is 18.6. The molecular formula is C23H26N6O2S. The molecule has 1 aromatic carbocycles. The standard InChI is InChI=1S/C23H26N6O2S/c1-12(2)31-18-9-16-14(10-26-28-16)7-17(18)27-21-20-15-6-5-13(23(30)29(3)4)8-19(15)32-22(20)25-11-24-21/h7,9-13H,5-6,8H2,1-4H3,(H,26,28)(H,24,25,27)/t13-/m1/s1. The molecule has 1 atom stereocenters. The van der Waals surface area contributed by atoms with Gasteiger partial charge in [0.1, 0.15) is 22.7 Å².